The molecule has 0 aromatic heterocycles. The molecule has 2 aromatic rings. The Labute approximate surface area is 145 Å². The topological polar surface area (TPSA) is 75.6 Å². The van der Waals surface area contributed by atoms with Crippen molar-refractivity contribution in [2.75, 3.05) is 5.32 Å². The summed E-state index contributed by atoms with van der Waals surface area (Å²) >= 11 is 6.21. The third-order valence-corrected chi connectivity index (χ3v) is 3.52. The first kappa shape index (κ1) is 17.8. The lowest BCUT2D eigenvalue weighted by Crippen LogP contribution is -2.13. The van der Waals surface area contributed by atoms with Gasteiger partial charge in [0.05, 0.1) is 16.7 Å². The highest BCUT2D eigenvalue weighted by molar-refractivity contribution is 6.32. The van der Waals surface area contributed by atoms with E-state index < -0.39 is 5.97 Å². The standard InChI is InChI=1S/C18H18ClNO4/c1-10(2)24-16-11(3)8-13(9-15(16)19)17(21)20-14-6-4-12(5-7-14)18(22)23/h4-10H,1-3H3,(H,20,21)(H,22,23). The molecule has 2 aromatic carbocycles. The Morgan fingerprint density at radius 2 is 1.75 bits per heavy atom. The summed E-state index contributed by atoms with van der Waals surface area (Å²) in [7, 11) is 0. The molecule has 1 amide bonds. The van der Waals surface area contributed by atoms with Crippen LogP contribution >= 0.6 is 11.6 Å². The van der Waals surface area contributed by atoms with E-state index in [2.05, 4.69) is 5.32 Å². The average molecular weight is 348 g/mol. The number of hydrogen-bond donors (Lipinski definition) is 2. The van der Waals surface area contributed by atoms with Crippen molar-refractivity contribution in [2.24, 2.45) is 0 Å². The van der Waals surface area contributed by atoms with Gasteiger partial charge < -0.3 is 15.2 Å². The second-order valence-corrected chi connectivity index (χ2v) is 6.01. The number of amides is 1. The molecule has 5 nitrogen and oxygen atoms in total. The van der Waals surface area contributed by atoms with E-state index in [-0.39, 0.29) is 17.6 Å². The molecule has 0 aliphatic carbocycles. The van der Waals surface area contributed by atoms with Crippen LogP contribution in [0, 0.1) is 6.92 Å². The molecule has 0 bridgehead atoms. The van der Waals surface area contributed by atoms with E-state index in [0.29, 0.717) is 22.0 Å². The van der Waals surface area contributed by atoms with Crippen molar-refractivity contribution >= 4 is 29.2 Å². The molecule has 0 heterocycles. The Bertz CT molecular complexity index is 746. The number of halogens is 1. The van der Waals surface area contributed by atoms with E-state index in [0.717, 1.165) is 5.56 Å². The lowest BCUT2D eigenvalue weighted by molar-refractivity contribution is 0.0696. The van der Waals surface area contributed by atoms with E-state index in [4.69, 9.17) is 21.4 Å². The lowest BCUT2D eigenvalue weighted by Gasteiger charge is -2.15. The molecule has 0 aliphatic heterocycles. The number of ether oxygens (including phenoxy) is 1. The number of carboxylic acid groups (broad SMARTS) is 1. The fourth-order valence-electron chi connectivity index (χ4n) is 2.15. The van der Waals surface area contributed by atoms with Crippen molar-refractivity contribution in [2.45, 2.75) is 26.9 Å². The van der Waals surface area contributed by atoms with Crippen molar-refractivity contribution in [3.8, 4) is 5.75 Å². The number of carboxylic acids is 1. The summed E-state index contributed by atoms with van der Waals surface area (Å²) in [5.74, 6) is -0.788. The van der Waals surface area contributed by atoms with Crippen molar-refractivity contribution < 1.29 is 19.4 Å². The second-order valence-electron chi connectivity index (χ2n) is 5.61. The number of anilines is 1. The van der Waals surface area contributed by atoms with Crippen LogP contribution < -0.4 is 10.1 Å². The Morgan fingerprint density at radius 1 is 1.12 bits per heavy atom. The fraction of sp³-hybridized carbons (Fsp3) is 0.222. The highest BCUT2D eigenvalue weighted by Crippen LogP contribution is 2.31. The largest absolute Gasteiger partial charge is 0.489 e. The van der Waals surface area contributed by atoms with E-state index in [1.165, 1.54) is 24.3 Å². The Balaban J connectivity index is 2.19. The van der Waals surface area contributed by atoms with Crippen LogP contribution in [0.3, 0.4) is 0 Å². The van der Waals surface area contributed by atoms with Crippen LogP contribution in [0.25, 0.3) is 0 Å². The van der Waals surface area contributed by atoms with Gasteiger partial charge in [-0.3, -0.25) is 4.79 Å². The van der Waals surface area contributed by atoms with Gasteiger partial charge in [0.25, 0.3) is 5.91 Å². The monoisotopic (exact) mass is 347 g/mol. The summed E-state index contributed by atoms with van der Waals surface area (Å²) in [4.78, 5) is 23.2. The zero-order valence-corrected chi connectivity index (χ0v) is 14.3. The van der Waals surface area contributed by atoms with Crippen molar-refractivity contribution in [1.82, 2.24) is 0 Å². The Hall–Kier alpha value is -2.53. The maximum Gasteiger partial charge on any atom is 0.335 e. The number of carbonyl (C=O) groups is 2. The average Bonchev–Trinajstić information content (AvgIpc) is 2.51. The van der Waals surface area contributed by atoms with Gasteiger partial charge in [-0.2, -0.15) is 0 Å². The SMILES string of the molecule is Cc1cc(C(=O)Nc2ccc(C(=O)O)cc2)cc(Cl)c1OC(C)C. The van der Waals surface area contributed by atoms with Crippen molar-refractivity contribution in [3.63, 3.8) is 0 Å². The quantitative estimate of drug-likeness (QED) is 0.841. The highest BCUT2D eigenvalue weighted by atomic mass is 35.5. The van der Waals surface area contributed by atoms with Gasteiger partial charge in [-0.05, 0) is 62.7 Å². The number of carbonyl (C=O) groups excluding carboxylic acids is 1. The van der Waals surface area contributed by atoms with Gasteiger partial charge in [-0.15, -0.1) is 0 Å². The molecule has 2 rings (SSSR count). The summed E-state index contributed by atoms with van der Waals surface area (Å²) in [6.07, 6.45) is -0.0198. The van der Waals surface area contributed by atoms with E-state index in [1.54, 1.807) is 12.1 Å². The van der Waals surface area contributed by atoms with Gasteiger partial charge in [0.2, 0.25) is 0 Å². The maximum atomic E-state index is 12.3. The maximum absolute atomic E-state index is 12.3. The van der Waals surface area contributed by atoms with Gasteiger partial charge in [0.1, 0.15) is 5.75 Å². The summed E-state index contributed by atoms with van der Waals surface area (Å²) in [5.41, 5.74) is 1.82. The van der Waals surface area contributed by atoms with Crippen LogP contribution in [-0.4, -0.2) is 23.1 Å². The molecule has 0 spiro atoms. The van der Waals surface area contributed by atoms with Gasteiger partial charge in [-0.25, -0.2) is 4.79 Å². The minimum Gasteiger partial charge on any atom is -0.489 e. The molecule has 0 radical (unpaired) electrons. The third-order valence-electron chi connectivity index (χ3n) is 3.23. The summed E-state index contributed by atoms with van der Waals surface area (Å²) in [6, 6.07) is 9.17. The third kappa shape index (κ3) is 4.26. The smallest absolute Gasteiger partial charge is 0.335 e. The summed E-state index contributed by atoms with van der Waals surface area (Å²) in [6.45, 7) is 5.62. The molecule has 0 saturated carbocycles. The molecule has 6 heteroatoms. The van der Waals surface area contributed by atoms with Gasteiger partial charge in [0.15, 0.2) is 0 Å². The number of hydrogen-bond acceptors (Lipinski definition) is 3. The van der Waals surface area contributed by atoms with Crippen LogP contribution in [-0.2, 0) is 0 Å². The van der Waals surface area contributed by atoms with Crippen LogP contribution in [0.15, 0.2) is 36.4 Å². The number of aromatic carboxylic acids is 1. The van der Waals surface area contributed by atoms with Gasteiger partial charge in [-0.1, -0.05) is 11.6 Å². The molecule has 2 N–H and O–H groups in total. The van der Waals surface area contributed by atoms with Crippen LogP contribution in [0.2, 0.25) is 5.02 Å². The zero-order valence-electron chi connectivity index (χ0n) is 13.6. The number of benzene rings is 2. The lowest BCUT2D eigenvalue weighted by atomic mass is 10.1. The first-order valence-corrected chi connectivity index (χ1v) is 7.77. The fourth-order valence-corrected chi connectivity index (χ4v) is 2.46. The van der Waals surface area contributed by atoms with E-state index in [9.17, 15) is 9.59 Å². The zero-order chi connectivity index (χ0) is 17.9. The van der Waals surface area contributed by atoms with E-state index >= 15 is 0 Å². The minimum atomic E-state index is -1.02. The van der Waals surface area contributed by atoms with Gasteiger partial charge >= 0.3 is 5.97 Å². The predicted octanol–water partition coefficient (Wildman–Crippen LogP) is 4.39. The van der Waals surface area contributed by atoms with Crippen LogP contribution in [0.1, 0.15) is 40.1 Å². The number of rotatable bonds is 5. The Kier molecular flexibility index (Phi) is 5.46. The summed E-state index contributed by atoms with van der Waals surface area (Å²) < 4.78 is 5.65. The molecule has 0 aliphatic rings. The normalized spacial score (nSPS) is 10.5. The first-order valence-electron chi connectivity index (χ1n) is 7.39. The molecule has 0 unspecified atom stereocenters. The molecular weight excluding hydrogens is 330 g/mol. The second kappa shape index (κ2) is 7.36. The molecular formula is C18H18ClNO4. The van der Waals surface area contributed by atoms with Crippen LogP contribution in [0.4, 0.5) is 5.69 Å². The molecule has 126 valence electrons. The predicted molar refractivity (Wildman–Crippen MR) is 93.3 cm³/mol. The van der Waals surface area contributed by atoms with Crippen molar-refractivity contribution in [1.29, 1.82) is 0 Å². The van der Waals surface area contributed by atoms with Crippen LogP contribution in [0.5, 0.6) is 5.75 Å². The first-order chi connectivity index (χ1) is 11.3. The molecule has 24 heavy (non-hydrogen) atoms. The molecule has 0 fully saturated rings. The van der Waals surface area contributed by atoms with Crippen molar-refractivity contribution in [3.05, 3.63) is 58.1 Å². The number of nitrogens with one attached hydrogen (secondary N) is 1. The number of aryl methyl sites for hydroxylation is 1. The summed E-state index contributed by atoms with van der Waals surface area (Å²) in [5, 5.41) is 11.9. The Morgan fingerprint density at radius 3 is 2.25 bits per heavy atom. The highest BCUT2D eigenvalue weighted by Gasteiger charge is 2.14. The molecule has 0 saturated heterocycles. The molecule has 0 atom stereocenters. The van der Waals surface area contributed by atoms with E-state index in [1.807, 2.05) is 20.8 Å². The minimum absolute atomic E-state index is 0.0198. The van der Waals surface area contributed by atoms with Gasteiger partial charge in [0, 0.05) is 11.3 Å².